The maximum atomic E-state index is 6.15. The molecule has 0 spiro atoms. The quantitative estimate of drug-likeness (QED) is 0.151. The molecule has 11 aromatic carbocycles. The Bertz CT molecular complexity index is 3950. The minimum absolute atomic E-state index is 0.904. The molecule has 0 unspecified atom stereocenters. The van der Waals surface area contributed by atoms with Crippen molar-refractivity contribution < 1.29 is 4.42 Å². The van der Waals surface area contributed by atoms with E-state index in [4.69, 9.17) is 4.42 Å². The third-order valence-electron chi connectivity index (χ3n) is 13.3. The summed E-state index contributed by atoms with van der Waals surface area (Å²) in [5.41, 5.74) is 17.1. The van der Waals surface area contributed by atoms with Gasteiger partial charge in [-0.05, 0) is 139 Å². The van der Waals surface area contributed by atoms with E-state index >= 15 is 0 Å². The second-order valence-corrected chi connectivity index (χ2v) is 18.3. The van der Waals surface area contributed by atoms with Gasteiger partial charge in [-0.25, -0.2) is 0 Å². The lowest BCUT2D eigenvalue weighted by Crippen LogP contribution is -2.09. The first kappa shape index (κ1) is 38.9. The molecule has 0 aliphatic rings. The molecule has 13 rings (SSSR count). The summed E-state index contributed by atoms with van der Waals surface area (Å²) in [6, 6.07) is 90.2. The second-order valence-electron chi connectivity index (χ2n) is 17.3. The molecular weight excluding hydrogens is 831 g/mol. The maximum Gasteiger partial charge on any atom is 0.135 e. The Balaban J connectivity index is 0.827. The van der Waals surface area contributed by atoms with Crippen LogP contribution < -0.4 is 4.90 Å². The van der Waals surface area contributed by atoms with Gasteiger partial charge in [0.05, 0.1) is 0 Å². The second kappa shape index (κ2) is 16.2. The number of hydrogen-bond donors (Lipinski definition) is 0. The zero-order chi connectivity index (χ0) is 44.3. The number of fused-ring (bicyclic) bond motifs is 7. The van der Waals surface area contributed by atoms with Crippen molar-refractivity contribution in [3.63, 3.8) is 0 Å². The van der Waals surface area contributed by atoms with E-state index in [0.29, 0.717) is 0 Å². The van der Waals surface area contributed by atoms with Crippen molar-refractivity contribution >= 4 is 81.3 Å². The van der Waals surface area contributed by atoms with Gasteiger partial charge in [0, 0.05) is 48.0 Å². The lowest BCUT2D eigenvalue weighted by atomic mass is 9.96. The van der Waals surface area contributed by atoms with E-state index in [1.165, 1.54) is 75.5 Å². The predicted molar refractivity (Wildman–Crippen MR) is 286 cm³/mol. The van der Waals surface area contributed by atoms with Crippen LogP contribution in [0.5, 0.6) is 0 Å². The first-order valence-corrected chi connectivity index (χ1v) is 23.6. The van der Waals surface area contributed by atoms with Crippen LogP contribution in [0.1, 0.15) is 0 Å². The number of rotatable bonds is 8. The fraction of sp³-hybridized carbons (Fsp3) is 0. The summed E-state index contributed by atoms with van der Waals surface area (Å²) in [7, 11) is 0. The molecule has 0 aliphatic heterocycles. The SMILES string of the molecule is c1cc(-c2ccc(-c3ccc(N(c4ccc(-c5ccc6oc7ccccc7c6c5)cc4)c4ccc(-c5cccc6c5sc5ccccc56)cc4)cc3)cc2)cc(-c2ccc3ccccc3c2)c1. The monoisotopic (exact) mass is 871 g/mol. The van der Waals surface area contributed by atoms with E-state index in [2.05, 4.69) is 241 Å². The first-order valence-electron chi connectivity index (χ1n) is 22.8. The Labute approximate surface area is 392 Å². The third kappa shape index (κ3) is 7.05. The Kier molecular flexibility index (Phi) is 9.40. The summed E-state index contributed by atoms with van der Waals surface area (Å²) in [6.07, 6.45) is 0. The Morgan fingerprint density at radius 1 is 0.284 bits per heavy atom. The summed E-state index contributed by atoms with van der Waals surface area (Å²) in [5, 5.41) is 7.40. The van der Waals surface area contributed by atoms with Gasteiger partial charge < -0.3 is 9.32 Å². The summed E-state index contributed by atoms with van der Waals surface area (Å²) in [6.45, 7) is 0. The molecule has 2 heterocycles. The minimum atomic E-state index is 0.904. The van der Waals surface area contributed by atoms with Gasteiger partial charge in [-0.2, -0.15) is 0 Å². The highest BCUT2D eigenvalue weighted by atomic mass is 32.1. The van der Waals surface area contributed by atoms with Gasteiger partial charge in [-0.3, -0.25) is 0 Å². The average Bonchev–Trinajstić information content (AvgIpc) is 3.98. The fourth-order valence-corrected chi connectivity index (χ4v) is 11.1. The predicted octanol–water partition coefficient (Wildman–Crippen LogP) is 18.9. The molecule has 0 saturated heterocycles. The molecule has 2 nitrogen and oxygen atoms in total. The summed E-state index contributed by atoms with van der Waals surface area (Å²) in [4.78, 5) is 2.36. The highest BCUT2D eigenvalue weighted by molar-refractivity contribution is 7.26. The number of nitrogens with zero attached hydrogens (tertiary/aromatic N) is 1. The molecular formula is C64H41NOS. The van der Waals surface area contributed by atoms with Crippen molar-refractivity contribution in [2.45, 2.75) is 0 Å². The highest BCUT2D eigenvalue weighted by Gasteiger charge is 2.16. The zero-order valence-electron chi connectivity index (χ0n) is 36.4. The number of thiophene rings is 1. The molecule has 0 aliphatic carbocycles. The van der Waals surface area contributed by atoms with E-state index < -0.39 is 0 Å². The number of furan rings is 1. The van der Waals surface area contributed by atoms with Crippen molar-refractivity contribution in [3.8, 4) is 55.6 Å². The molecule has 0 radical (unpaired) electrons. The van der Waals surface area contributed by atoms with Crippen LogP contribution in [-0.2, 0) is 0 Å². The van der Waals surface area contributed by atoms with E-state index in [9.17, 15) is 0 Å². The van der Waals surface area contributed by atoms with Crippen molar-refractivity contribution in [1.82, 2.24) is 0 Å². The van der Waals surface area contributed by atoms with Gasteiger partial charge in [0.2, 0.25) is 0 Å². The van der Waals surface area contributed by atoms with E-state index in [1.807, 2.05) is 23.5 Å². The van der Waals surface area contributed by atoms with Crippen LogP contribution in [0, 0.1) is 0 Å². The normalized spacial score (nSPS) is 11.6. The van der Waals surface area contributed by atoms with Gasteiger partial charge in [0.15, 0.2) is 0 Å². The van der Waals surface area contributed by atoms with Crippen LogP contribution in [0.15, 0.2) is 253 Å². The topological polar surface area (TPSA) is 16.4 Å². The summed E-state index contributed by atoms with van der Waals surface area (Å²) in [5.74, 6) is 0. The number of hydrogen-bond acceptors (Lipinski definition) is 3. The van der Waals surface area contributed by atoms with Gasteiger partial charge in [-0.1, -0.05) is 176 Å². The van der Waals surface area contributed by atoms with Crippen LogP contribution in [0.4, 0.5) is 17.1 Å². The van der Waals surface area contributed by atoms with Crippen LogP contribution in [0.25, 0.3) is 109 Å². The van der Waals surface area contributed by atoms with Crippen molar-refractivity contribution in [2.24, 2.45) is 0 Å². The molecule has 0 amide bonds. The van der Waals surface area contributed by atoms with Gasteiger partial charge in [-0.15, -0.1) is 11.3 Å². The van der Waals surface area contributed by atoms with Crippen LogP contribution in [-0.4, -0.2) is 0 Å². The van der Waals surface area contributed by atoms with E-state index in [1.54, 1.807) is 0 Å². The lowest BCUT2D eigenvalue weighted by Gasteiger charge is -2.26. The fourth-order valence-electron chi connectivity index (χ4n) is 9.83. The Morgan fingerprint density at radius 2 is 0.761 bits per heavy atom. The van der Waals surface area contributed by atoms with E-state index in [-0.39, 0.29) is 0 Å². The third-order valence-corrected chi connectivity index (χ3v) is 14.5. The molecule has 0 bridgehead atoms. The Morgan fingerprint density at radius 3 is 1.48 bits per heavy atom. The maximum absolute atomic E-state index is 6.15. The van der Waals surface area contributed by atoms with Gasteiger partial charge in [0.1, 0.15) is 11.2 Å². The Hall–Kier alpha value is -8.50. The first-order chi connectivity index (χ1) is 33.2. The highest BCUT2D eigenvalue weighted by Crippen LogP contribution is 2.43. The standard InChI is InChI=1S/C64H41NOS/c1-2-10-48-40-51(24-23-42(48)9-1)50-12-7-11-49(39-50)45-21-19-43(20-22-45)44-25-32-53(33-26-44)65(54-34-27-46(28-35-54)52-31-38-62-60(41-52)57-13-3-5-17-61(57)66-62)55-36-29-47(30-37-55)56-15-8-16-59-58-14-4-6-18-63(58)67-64(56)59/h1-41H. The number of para-hydroxylation sites is 1. The number of benzene rings is 11. The van der Waals surface area contributed by atoms with E-state index in [0.717, 1.165) is 50.1 Å². The molecule has 2 aromatic heterocycles. The van der Waals surface area contributed by atoms with Crippen LogP contribution in [0.3, 0.4) is 0 Å². The molecule has 0 saturated carbocycles. The molecule has 67 heavy (non-hydrogen) atoms. The molecule has 0 N–H and O–H groups in total. The average molecular weight is 872 g/mol. The van der Waals surface area contributed by atoms with Crippen LogP contribution >= 0.6 is 11.3 Å². The lowest BCUT2D eigenvalue weighted by molar-refractivity contribution is 0.669. The van der Waals surface area contributed by atoms with Gasteiger partial charge >= 0.3 is 0 Å². The summed E-state index contributed by atoms with van der Waals surface area (Å²) < 4.78 is 8.78. The molecule has 0 atom stereocenters. The zero-order valence-corrected chi connectivity index (χ0v) is 37.3. The van der Waals surface area contributed by atoms with Crippen molar-refractivity contribution in [2.75, 3.05) is 4.90 Å². The van der Waals surface area contributed by atoms with Gasteiger partial charge in [0.25, 0.3) is 0 Å². The minimum Gasteiger partial charge on any atom is -0.456 e. The largest absolute Gasteiger partial charge is 0.456 e. The molecule has 13 aromatic rings. The molecule has 3 heteroatoms. The van der Waals surface area contributed by atoms with Crippen molar-refractivity contribution in [1.29, 1.82) is 0 Å². The number of anilines is 3. The molecule has 314 valence electrons. The molecule has 0 fully saturated rings. The van der Waals surface area contributed by atoms with Crippen molar-refractivity contribution in [3.05, 3.63) is 249 Å². The van der Waals surface area contributed by atoms with Crippen LogP contribution in [0.2, 0.25) is 0 Å². The smallest absolute Gasteiger partial charge is 0.135 e. The summed E-state index contributed by atoms with van der Waals surface area (Å²) >= 11 is 1.87.